The second-order valence-electron chi connectivity index (χ2n) is 8.74. The van der Waals surface area contributed by atoms with E-state index in [9.17, 15) is 0 Å². The van der Waals surface area contributed by atoms with Gasteiger partial charge < -0.3 is 20.7 Å². The molecule has 3 aromatic rings. The molecule has 0 radical (unpaired) electrons. The SMILES string of the molecule is Cc1cc(C)c(Oc2cc(NCCN3CCNCC3)nc(Nc3ccc(C#N)cc3)c2)c(C)c1. The van der Waals surface area contributed by atoms with Crippen LogP contribution in [0, 0.1) is 32.1 Å². The molecule has 34 heavy (non-hydrogen) atoms. The van der Waals surface area contributed by atoms with Gasteiger partial charge in [0.05, 0.1) is 11.6 Å². The lowest BCUT2D eigenvalue weighted by atomic mass is 10.1. The predicted octanol–water partition coefficient (Wildman–Crippen LogP) is 4.73. The molecule has 1 aliphatic heterocycles. The maximum atomic E-state index is 9.06. The minimum atomic E-state index is 0.621. The molecule has 7 heteroatoms. The Labute approximate surface area is 201 Å². The van der Waals surface area contributed by atoms with Crippen LogP contribution < -0.4 is 20.7 Å². The van der Waals surface area contributed by atoms with Crippen molar-refractivity contribution in [3.05, 3.63) is 70.8 Å². The smallest absolute Gasteiger partial charge is 0.136 e. The van der Waals surface area contributed by atoms with E-state index in [1.165, 1.54) is 5.56 Å². The summed E-state index contributed by atoms with van der Waals surface area (Å²) >= 11 is 0. The average molecular weight is 457 g/mol. The molecule has 0 bridgehead atoms. The van der Waals surface area contributed by atoms with E-state index in [0.717, 1.165) is 67.7 Å². The van der Waals surface area contributed by atoms with Crippen LogP contribution in [0.4, 0.5) is 17.3 Å². The highest BCUT2D eigenvalue weighted by Gasteiger charge is 2.12. The second kappa shape index (κ2) is 11.0. The molecule has 1 fully saturated rings. The van der Waals surface area contributed by atoms with Gasteiger partial charge in [-0.15, -0.1) is 0 Å². The lowest BCUT2D eigenvalue weighted by Gasteiger charge is -2.27. The number of nitrogens with one attached hydrogen (secondary N) is 3. The van der Waals surface area contributed by atoms with Gasteiger partial charge in [-0.25, -0.2) is 4.98 Å². The normalized spacial score (nSPS) is 13.8. The molecular weight excluding hydrogens is 424 g/mol. The fraction of sp³-hybridized carbons (Fsp3) is 0.333. The molecule has 0 atom stereocenters. The number of ether oxygens (including phenoxy) is 1. The minimum Gasteiger partial charge on any atom is -0.457 e. The topological polar surface area (TPSA) is 85.2 Å². The number of benzene rings is 2. The summed E-state index contributed by atoms with van der Waals surface area (Å²) in [6.07, 6.45) is 0. The lowest BCUT2D eigenvalue weighted by Crippen LogP contribution is -2.45. The maximum absolute atomic E-state index is 9.06. The van der Waals surface area contributed by atoms with Crippen molar-refractivity contribution in [3.63, 3.8) is 0 Å². The number of aryl methyl sites for hydroxylation is 3. The van der Waals surface area contributed by atoms with Crippen molar-refractivity contribution in [1.82, 2.24) is 15.2 Å². The Kier molecular flexibility index (Phi) is 7.63. The number of nitriles is 1. The van der Waals surface area contributed by atoms with Crippen LogP contribution in [0.5, 0.6) is 11.5 Å². The van der Waals surface area contributed by atoms with Gasteiger partial charge in [-0.1, -0.05) is 17.7 Å². The summed E-state index contributed by atoms with van der Waals surface area (Å²) in [7, 11) is 0. The average Bonchev–Trinajstić information content (AvgIpc) is 2.82. The highest BCUT2D eigenvalue weighted by atomic mass is 16.5. The van der Waals surface area contributed by atoms with Crippen molar-refractivity contribution >= 4 is 17.3 Å². The molecule has 0 amide bonds. The molecule has 2 heterocycles. The van der Waals surface area contributed by atoms with E-state index in [-0.39, 0.29) is 0 Å². The van der Waals surface area contributed by atoms with Gasteiger partial charge >= 0.3 is 0 Å². The van der Waals surface area contributed by atoms with Crippen molar-refractivity contribution in [2.24, 2.45) is 0 Å². The Bertz CT molecular complexity index is 1140. The molecule has 2 aromatic carbocycles. The standard InChI is InChI=1S/C27H32N6O/c1-19-14-20(2)27(21(3)15-19)34-24-16-25(30-10-13-33-11-8-29-9-12-33)32-26(17-24)31-23-6-4-22(18-28)5-7-23/h4-7,14-17,29H,8-13H2,1-3H3,(H2,30,31,32). The summed E-state index contributed by atoms with van der Waals surface area (Å²) in [4.78, 5) is 7.20. The van der Waals surface area contributed by atoms with Crippen LogP contribution in [0.2, 0.25) is 0 Å². The Morgan fingerprint density at radius 2 is 1.68 bits per heavy atom. The quantitative estimate of drug-likeness (QED) is 0.452. The zero-order valence-electron chi connectivity index (χ0n) is 20.1. The van der Waals surface area contributed by atoms with E-state index < -0.39 is 0 Å². The summed E-state index contributed by atoms with van der Waals surface area (Å²) in [6, 6.07) is 17.6. The number of piperazine rings is 1. The van der Waals surface area contributed by atoms with Gasteiger partial charge in [-0.3, -0.25) is 4.90 Å². The molecule has 0 spiro atoms. The third-order valence-electron chi connectivity index (χ3n) is 5.85. The number of pyridine rings is 1. The van der Waals surface area contributed by atoms with E-state index >= 15 is 0 Å². The number of anilines is 3. The fourth-order valence-corrected chi connectivity index (χ4v) is 4.22. The lowest BCUT2D eigenvalue weighted by molar-refractivity contribution is 0.249. The maximum Gasteiger partial charge on any atom is 0.136 e. The Hall–Kier alpha value is -3.60. The van der Waals surface area contributed by atoms with Crippen LogP contribution >= 0.6 is 0 Å². The van der Waals surface area contributed by atoms with Gasteiger partial charge in [0.15, 0.2) is 0 Å². The Morgan fingerprint density at radius 3 is 2.35 bits per heavy atom. The zero-order valence-corrected chi connectivity index (χ0v) is 20.1. The summed E-state index contributed by atoms with van der Waals surface area (Å²) in [5.41, 5.74) is 4.90. The number of rotatable bonds is 8. The van der Waals surface area contributed by atoms with Crippen LogP contribution in [0.15, 0.2) is 48.5 Å². The van der Waals surface area contributed by atoms with Crippen LogP contribution in [0.3, 0.4) is 0 Å². The first kappa shape index (κ1) is 23.6. The molecule has 0 unspecified atom stereocenters. The molecule has 1 aliphatic rings. The Balaban J connectivity index is 1.55. The fourth-order valence-electron chi connectivity index (χ4n) is 4.22. The number of hydrogen-bond donors (Lipinski definition) is 3. The van der Waals surface area contributed by atoms with E-state index in [1.807, 2.05) is 24.3 Å². The summed E-state index contributed by atoms with van der Waals surface area (Å²) in [5, 5.41) is 19.2. The third-order valence-corrected chi connectivity index (χ3v) is 5.85. The molecule has 4 rings (SSSR count). The van der Waals surface area contributed by atoms with Crippen LogP contribution in [-0.4, -0.2) is 49.2 Å². The first-order chi connectivity index (χ1) is 16.5. The van der Waals surface area contributed by atoms with Gasteiger partial charge in [0.1, 0.15) is 23.1 Å². The van der Waals surface area contributed by atoms with Gasteiger partial charge in [-0.2, -0.15) is 5.26 Å². The van der Waals surface area contributed by atoms with E-state index in [1.54, 1.807) is 12.1 Å². The molecule has 0 aliphatic carbocycles. The zero-order chi connectivity index (χ0) is 23.9. The summed E-state index contributed by atoms with van der Waals surface area (Å²) in [5.74, 6) is 3.01. The second-order valence-corrected chi connectivity index (χ2v) is 8.74. The van der Waals surface area contributed by atoms with Crippen molar-refractivity contribution in [1.29, 1.82) is 5.26 Å². The molecular formula is C27H32N6O. The first-order valence-corrected chi connectivity index (χ1v) is 11.7. The van der Waals surface area contributed by atoms with E-state index in [0.29, 0.717) is 17.1 Å². The van der Waals surface area contributed by atoms with Crippen molar-refractivity contribution in [3.8, 4) is 17.6 Å². The predicted molar refractivity (Wildman–Crippen MR) is 137 cm³/mol. The van der Waals surface area contributed by atoms with Crippen LogP contribution in [0.25, 0.3) is 0 Å². The highest BCUT2D eigenvalue weighted by molar-refractivity contribution is 5.62. The van der Waals surface area contributed by atoms with Crippen molar-refractivity contribution < 1.29 is 4.74 Å². The molecule has 1 saturated heterocycles. The molecule has 176 valence electrons. The van der Waals surface area contributed by atoms with Crippen molar-refractivity contribution in [2.75, 3.05) is 49.9 Å². The molecule has 7 nitrogen and oxygen atoms in total. The number of nitrogens with zero attached hydrogens (tertiary/aromatic N) is 3. The molecule has 1 aromatic heterocycles. The highest BCUT2D eigenvalue weighted by Crippen LogP contribution is 2.32. The summed E-state index contributed by atoms with van der Waals surface area (Å²) < 4.78 is 6.37. The van der Waals surface area contributed by atoms with Crippen LogP contribution in [-0.2, 0) is 0 Å². The summed E-state index contributed by atoms with van der Waals surface area (Å²) in [6.45, 7) is 12.2. The molecule has 0 saturated carbocycles. The van der Waals surface area contributed by atoms with Gasteiger partial charge in [-0.05, 0) is 56.2 Å². The monoisotopic (exact) mass is 456 g/mol. The van der Waals surface area contributed by atoms with Gasteiger partial charge in [0.2, 0.25) is 0 Å². The third kappa shape index (κ3) is 6.25. The largest absolute Gasteiger partial charge is 0.457 e. The first-order valence-electron chi connectivity index (χ1n) is 11.7. The van der Waals surface area contributed by atoms with Gasteiger partial charge in [0.25, 0.3) is 0 Å². The van der Waals surface area contributed by atoms with Crippen molar-refractivity contribution in [2.45, 2.75) is 20.8 Å². The van der Waals surface area contributed by atoms with E-state index in [4.69, 9.17) is 15.0 Å². The molecule has 3 N–H and O–H groups in total. The number of aromatic nitrogens is 1. The van der Waals surface area contributed by atoms with Crippen LogP contribution in [0.1, 0.15) is 22.3 Å². The minimum absolute atomic E-state index is 0.621. The number of hydrogen-bond acceptors (Lipinski definition) is 7. The van der Waals surface area contributed by atoms with E-state index in [2.05, 4.69) is 59.8 Å². The van der Waals surface area contributed by atoms with Gasteiger partial charge in [0, 0.05) is 57.1 Å². The Morgan fingerprint density at radius 1 is 1.00 bits per heavy atom.